The third kappa shape index (κ3) is 3.94. The Hall–Kier alpha value is -0.870. The molecule has 1 heterocycles. The normalized spacial score (nSPS) is 21.1. The van der Waals surface area contributed by atoms with E-state index in [4.69, 9.17) is 0 Å². The van der Waals surface area contributed by atoms with Gasteiger partial charge in [0.25, 0.3) is 0 Å². The van der Waals surface area contributed by atoms with Gasteiger partial charge in [0.2, 0.25) is 5.91 Å². The molecule has 0 aliphatic carbocycles. The lowest BCUT2D eigenvalue weighted by molar-refractivity contribution is -0.131. The molecule has 1 aliphatic heterocycles. The highest BCUT2D eigenvalue weighted by molar-refractivity contribution is 5.78. The lowest BCUT2D eigenvalue weighted by Gasteiger charge is -2.24. The molecule has 0 saturated carbocycles. The summed E-state index contributed by atoms with van der Waals surface area (Å²) in [6.45, 7) is 10.9. The summed E-state index contributed by atoms with van der Waals surface area (Å²) in [5.74, 6) is 0.125. The zero-order valence-electron chi connectivity index (χ0n) is 10.3. The van der Waals surface area contributed by atoms with Gasteiger partial charge in [-0.25, -0.2) is 0 Å². The molecule has 1 aliphatic rings. The molecule has 4 nitrogen and oxygen atoms in total. The van der Waals surface area contributed by atoms with Crippen LogP contribution in [-0.2, 0) is 4.79 Å². The number of likely N-dealkylation sites (tertiary alicyclic amines) is 1. The molecular weight excluding hydrogens is 204 g/mol. The average molecular weight is 226 g/mol. The number of hydrogen-bond donors (Lipinski definition) is 1. The molecule has 0 aromatic heterocycles. The first-order chi connectivity index (χ1) is 7.52. The maximum Gasteiger partial charge on any atom is 0.237 e. The van der Waals surface area contributed by atoms with Crippen LogP contribution in [0.5, 0.6) is 0 Å². The van der Waals surface area contributed by atoms with Crippen molar-refractivity contribution in [3.05, 3.63) is 12.2 Å². The van der Waals surface area contributed by atoms with Gasteiger partial charge in [-0.1, -0.05) is 12.2 Å². The molecule has 16 heavy (non-hydrogen) atoms. The predicted molar refractivity (Wildman–Crippen MR) is 64.1 cm³/mol. The van der Waals surface area contributed by atoms with E-state index in [2.05, 4.69) is 6.58 Å². The van der Waals surface area contributed by atoms with Crippen molar-refractivity contribution in [1.82, 2.24) is 9.80 Å². The van der Waals surface area contributed by atoms with Crippen molar-refractivity contribution in [2.75, 3.05) is 32.7 Å². The second kappa shape index (κ2) is 6.01. The molecule has 1 saturated heterocycles. The fourth-order valence-corrected chi connectivity index (χ4v) is 1.95. The van der Waals surface area contributed by atoms with Crippen molar-refractivity contribution in [2.24, 2.45) is 0 Å². The minimum absolute atomic E-state index is 0.125. The van der Waals surface area contributed by atoms with Crippen molar-refractivity contribution in [3.8, 4) is 0 Å². The van der Waals surface area contributed by atoms with E-state index in [9.17, 15) is 9.90 Å². The highest BCUT2D eigenvalue weighted by atomic mass is 16.3. The molecule has 92 valence electrons. The highest BCUT2D eigenvalue weighted by Gasteiger charge is 2.23. The van der Waals surface area contributed by atoms with E-state index >= 15 is 0 Å². The van der Waals surface area contributed by atoms with E-state index in [1.165, 1.54) is 0 Å². The molecule has 0 bridgehead atoms. The van der Waals surface area contributed by atoms with Crippen LogP contribution in [0.1, 0.15) is 20.3 Å². The topological polar surface area (TPSA) is 43.8 Å². The fourth-order valence-electron chi connectivity index (χ4n) is 1.95. The van der Waals surface area contributed by atoms with Crippen LogP contribution >= 0.6 is 0 Å². The van der Waals surface area contributed by atoms with Crippen LogP contribution in [0.3, 0.4) is 0 Å². The maximum absolute atomic E-state index is 11.9. The third-order valence-electron chi connectivity index (χ3n) is 2.80. The number of carbonyl (C=O) groups is 1. The molecule has 1 rings (SSSR count). The number of nitrogens with zero attached hydrogens (tertiary/aromatic N) is 2. The molecule has 0 radical (unpaired) electrons. The van der Waals surface area contributed by atoms with Crippen molar-refractivity contribution in [1.29, 1.82) is 0 Å². The van der Waals surface area contributed by atoms with Crippen LogP contribution in [0.15, 0.2) is 12.2 Å². The Morgan fingerprint density at radius 1 is 1.62 bits per heavy atom. The van der Waals surface area contributed by atoms with Gasteiger partial charge in [-0.3, -0.25) is 9.69 Å². The number of β-amino-alcohol motifs (C(OH)–C–C–N with tert-alkyl or cyclic N) is 1. The van der Waals surface area contributed by atoms with Gasteiger partial charge in [-0.15, -0.1) is 0 Å². The monoisotopic (exact) mass is 226 g/mol. The van der Waals surface area contributed by atoms with Crippen LogP contribution in [0.25, 0.3) is 0 Å². The number of amides is 1. The summed E-state index contributed by atoms with van der Waals surface area (Å²) < 4.78 is 0. The quantitative estimate of drug-likeness (QED) is 0.693. The Labute approximate surface area is 97.5 Å². The van der Waals surface area contributed by atoms with Gasteiger partial charge in [0.05, 0.1) is 12.6 Å². The number of rotatable bonds is 5. The maximum atomic E-state index is 11.9. The summed E-state index contributed by atoms with van der Waals surface area (Å²) >= 11 is 0. The Balaban J connectivity index is 2.40. The van der Waals surface area contributed by atoms with Crippen LogP contribution in [-0.4, -0.2) is 59.6 Å². The summed E-state index contributed by atoms with van der Waals surface area (Å²) in [4.78, 5) is 15.7. The molecule has 1 fully saturated rings. The summed E-state index contributed by atoms with van der Waals surface area (Å²) in [7, 11) is 0. The van der Waals surface area contributed by atoms with Crippen molar-refractivity contribution in [2.45, 2.75) is 26.4 Å². The van der Waals surface area contributed by atoms with Crippen LogP contribution in [0.2, 0.25) is 0 Å². The first kappa shape index (κ1) is 13.2. The first-order valence-corrected chi connectivity index (χ1v) is 5.85. The van der Waals surface area contributed by atoms with Gasteiger partial charge >= 0.3 is 0 Å². The molecular formula is C12H22N2O2. The number of carbonyl (C=O) groups excluding carboxylic acids is 1. The Morgan fingerprint density at radius 3 is 2.75 bits per heavy atom. The second-order valence-corrected chi connectivity index (χ2v) is 4.54. The molecule has 1 N–H and O–H groups in total. The predicted octanol–water partition coefficient (Wildman–Crippen LogP) is 0.478. The average Bonchev–Trinajstić information content (AvgIpc) is 2.60. The Bertz CT molecular complexity index is 266. The zero-order valence-corrected chi connectivity index (χ0v) is 10.3. The van der Waals surface area contributed by atoms with Gasteiger partial charge in [-0.05, 0) is 20.3 Å². The molecule has 1 amide bonds. The molecule has 0 unspecified atom stereocenters. The van der Waals surface area contributed by atoms with Crippen molar-refractivity contribution in [3.63, 3.8) is 0 Å². The lowest BCUT2D eigenvalue weighted by Crippen LogP contribution is -2.40. The van der Waals surface area contributed by atoms with Gasteiger partial charge in [0.15, 0.2) is 0 Å². The molecule has 0 spiro atoms. The number of aliphatic hydroxyl groups excluding tert-OH is 1. The van der Waals surface area contributed by atoms with Gasteiger partial charge in [0.1, 0.15) is 0 Å². The summed E-state index contributed by atoms with van der Waals surface area (Å²) in [5.41, 5.74) is 0.997. The SMILES string of the molecule is C=C(C)CN(CC)C(=O)CN1CC[C@@H](O)C1. The highest BCUT2D eigenvalue weighted by Crippen LogP contribution is 2.09. The minimum atomic E-state index is -0.260. The standard InChI is InChI=1S/C12H22N2O2/c1-4-14(7-10(2)3)12(16)9-13-6-5-11(15)8-13/h11,15H,2,4-9H2,1,3H3/t11-/m1/s1. The Kier molecular flexibility index (Phi) is 4.96. The van der Waals surface area contributed by atoms with E-state index in [0.717, 1.165) is 18.5 Å². The molecule has 0 aromatic carbocycles. The van der Waals surface area contributed by atoms with Crippen LogP contribution in [0, 0.1) is 0 Å². The van der Waals surface area contributed by atoms with Gasteiger partial charge in [0, 0.05) is 26.2 Å². The smallest absolute Gasteiger partial charge is 0.237 e. The van der Waals surface area contributed by atoms with E-state index in [0.29, 0.717) is 26.2 Å². The third-order valence-corrected chi connectivity index (χ3v) is 2.80. The van der Waals surface area contributed by atoms with E-state index in [1.54, 1.807) is 4.90 Å². The largest absolute Gasteiger partial charge is 0.392 e. The van der Waals surface area contributed by atoms with E-state index in [1.807, 2.05) is 18.7 Å². The fraction of sp³-hybridized carbons (Fsp3) is 0.750. The van der Waals surface area contributed by atoms with Gasteiger partial charge < -0.3 is 10.0 Å². The minimum Gasteiger partial charge on any atom is -0.392 e. The van der Waals surface area contributed by atoms with Crippen LogP contribution < -0.4 is 0 Å². The lowest BCUT2D eigenvalue weighted by atomic mass is 10.3. The summed E-state index contributed by atoms with van der Waals surface area (Å²) in [6, 6.07) is 0. The van der Waals surface area contributed by atoms with Crippen molar-refractivity contribution < 1.29 is 9.90 Å². The van der Waals surface area contributed by atoms with Gasteiger partial charge in [-0.2, -0.15) is 0 Å². The van der Waals surface area contributed by atoms with Crippen molar-refractivity contribution >= 4 is 5.91 Å². The number of aliphatic hydroxyl groups is 1. The number of likely N-dealkylation sites (N-methyl/N-ethyl adjacent to an activating group) is 1. The van der Waals surface area contributed by atoms with Crippen LogP contribution in [0.4, 0.5) is 0 Å². The summed E-state index contributed by atoms with van der Waals surface area (Å²) in [6.07, 6.45) is 0.518. The first-order valence-electron chi connectivity index (χ1n) is 5.85. The molecule has 1 atom stereocenters. The Morgan fingerprint density at radius 2 is 2.31 bits per heavy atom. The second-order valence-electron chi connectivity index (χ2n) is 4.54. The molecule has 4 heteroatoms. The van der Waals surface area contributed by atoms with E-state index < -0.39 is 0 Å². The zero-order chi connectivity index (χ0) is 12.1. The van der Waals surface area contributed by atoms with E-state index in [-0.39, 0.29) is 12.0 Å². The molecule has 0 aromatic rings. The summed E-state index contributed by atoms with van der Waals surface area (Å²) in [5, 5.41) is 9.37. The number of hydrogen-bond acceptors (Lipinski definition) is 3.